The van der Waals surface area contributed by atoms with Crippen LogP contribution in [-0.4, -0.2) is 42.2 Å². The normalized spacial score (nSPS) is 15.9. The second-order valence-electron chi connectivity index (χ2n) is 4.94. The fraction of sp³-hybridized carbons (Fsp3) is 0.500. The predicted molar refractivity (Wildman–Crippen MR) is 70.5 cm³/mol. The topological polar surface area (TPSA) is 52.6 Å². The number of likely N-dealkylation sites (N-methyl/N-ethyl adjacent to an activating group) is 1. The lowest BCUT2D eigenvalue weighted by Gasteiger charge is -2.21. The zero-order valence-corrected chi connectivity index (χ0v) is 10.9. The number of nitrogens with zero attached hydrogens (tertiary/aromatic N) is 1. The number of fused-ring (bicyclic) bond motifs is 1. The fourth-order valence-electron chi connectivity index (χ4n) is 2.31. The maximum atomic E-state index is 12.2. The molecule has 1 aromatic carbocycles. The van der Waals surface area contributed by atoms with Gasteiger partial charge in [0.25, 0.3) is 5.91 Å². The molecule has 2 rings (SSSR count). The Kier molecular flexibility index (Phi) is 3.99. The Hall–Kier alpha value is -1.39. The van der Waals surface area contributed by atoms with Gasteiger partial charge >= 0.3 is 0 Å². The Morgan fingerprint density at radius 1 is 1.50 bits per heavy atom. The summed E-state index contributed by atoms with van der Waals surface area (Å²) in [5, 5.41) is 12.6. The number of benzene rings is 1. The van der Waals surface area contributed by atoms with Crippen LogP contribution in [-0.2, 0) is 13.0 Å². The molecule has 0 saturated heterocycles. The quantitative estimate of drug-likeness (QED) is 0.831. The maximum absolute atomic E-state index is 12.2. The van der Waals surface area contributed by atoms with Gasteiger partial charge < -0.3 is 15.3 Å². The van der Waals surface area contributed by atoms with Gasteiger partial charge in [0.05, 0.1) is 6.10 Å². The third-order valence-corrected chi connectivity index (χ3v) is 3.22. The van der Waals surface area contributed by atoms with Crippen molar-refractivity contribution in [2.24, 2.45) is 0 Å². The first-order chi connectivity index (χ1) is 8.58. The minimum absolute atomic E-state index is 0.0377. The lowest BCUT2D eigenvalue weighted by molar-refractivity contribution is 0.0703. The van der Waals surface area contributed by atoms with E-state index in [4.69, 9.17) is 0 Å². The van der Waals surface area contributed by atoms with Crippen molar-refractivity contribution < 1.29 is 9.90 Å². The average Bonchev–Trinajstić information content (AvgIpc) is 2.36. The molecule has 18 heavy (non-hydrogen) atoms. The van der Waals surface area contributed by atoms with Crippen molar-refractivity contribution in [1.82, 2.24) is 10.2 Å². The van der Waals surface area contributed by atoms with Crippen molar-refractivity contribution in [3.63, 3.8) is 0 Å². The standard InChI is InChI=1S/C14H20N2O2/c1-10(17)9-16(2)14(18)12-4-3-11-5-6-15-8-13(11)7-12/h3-4,7,10,15,17H,5-6,8-9H2,1-2H3. The van der Waals surface area contributed by atoms with E-state index in [2.05, 4.69) is 5.32 Å². The van der Waals surface area contributed by atoms with Crippen LogP contribution in [0.4, 0.5) is 0 Å². The van der Waals surface area contributed by atoms with Gasteiger partial charge in [-0.15, -0.1) is 0 Å². The number of aliphatic hydroxyl groups excluding tert-OH is 1. The molecule has 0 aromatic heterocycles. The number of hydrogen-bond donors (Lipinski definition) is 2. The van der Waals surface area contributed by atoms with Gasteiger partial charge in [0.15, 0.2) is 0 Å². The smallest absolute Gasteiger partial charge is 0.253 e. The minimum Gasteiger partial charge on any atom is -0.392 e. The van der Waals surface area contributed by atoms with E-state index in [1.807, 2.05) is 18.2 Å². The van der Waals surface area contributed by atoms with Gasteiger partial charge in [-0.25, -0.2) is 0 Å². The van der Waals surface area contributed by atoms with E-state index < -0.39 is 6.10 Å². The number of hydrogen-bond acceptors (Lipinski definition) is 3. The SMILES string of the molecule is CC(O)CN(C)C(=O)c1ccc2c(c1)CNCC2. The third-order valence-electron chi connectivity index (χ3n) is 3.22. The number of aliphatic hydroxyl groups is 1. The van der Waals surface area contributed by atoms with E-state index in [0.717, 1.165) is 19.5 Å². The molecule has 4 heteroatoms. The molecule has 0 aliphatic carbocycles. The van der Waals surface area contributed by atoms with Crippen LogP contribution in [0.1, 0.15) is 28.4 Å². The zero-order chi connectivity index (χ0) is 13.1. The van der Waals surface area contributed by atoms with Gasteiger partial charge in [0.1, 0.15) is 0 Å². The molecule has 0 bridgehead atoms. The summed E-state index contributed by atoms with van der Waals surface area (Å²) in [5.74, 6) is -0.0377. The molecule has 2 N–H and O–H groups in total. The van der Waals surface area contributed by atoms with Crippen molar-refractivity contribution in [3.8, 4) is 0 Å². The van der Waals surface area contributed by atoms with Crippen LogP contribution in [0.3, 0.4) is 0 Å². The summed E-state index contributed by atoms with van der Waals surface area (Å²) in [6.45, 7) is 3.87. The zero-order valence-electron chi connectivity index (χ0n) is 10.9. The molecule has 1 aliphatic rings. The van der Waals surface area contributed by atoms with Gasteiger partial charge in [0, 0.05) is 25.7 Å². The van der Waals surface area contributed by atoms with Crippen LogP contribution >= 0.6 is 0 Å². The van der Waals surface area contributed by atoms with Crippen molar-refractivity contribution >= 4 is 5.91 Å². The monoisotopic (exact) mass is 248 g/mol. The van der Waals surface area contributed by atoms with Crippen molar-refractivity contribution in [3.05, 3.63) is 34.9 Å². The minimum atomic E-state index is -0.502. The predicted octanol–water partition coefficient (Wildman–Crippen LogP) is 0.785. The molecule has 1 aliphatic heterocycles. The van der Waals surface area contributed by atoms with Crippen molar-refractivity contribution in [2.45, 2.75) is 26.0 Å². The van der Waals surface area contributed by atoms with Gasteiger partial charge in [0.2, 0.25) is 0 Å². The van der Waals surface area contributed by atoms with Crippen molar-refractivity contribution in [1.29, 1.82) is 0 Å². The van der Waals surface area contributed by atoms with Crippen LogP contribution in [0.15, 0.2) is 18.2 Å². The lowest BCUT2D eigenvalue weighted by atomic mass is 9.98. The molecular formula is C14H20N2O2. The Labute approximate surface area is 108 Å². The Morgan fingerprint density at radius 3 is 3.00 bits per heavy atom. The van der Waals surface area contributed by atoms with E-state index in [1.165, 1.54) is 11.1 Å². The second kappa shape index (κ2) is 5.50. The number of nitrogens with one attached hydrogen (secondary N) is 1. The fourth-order valence-corrected chi connectivity index (χ4v) is 2.31. The van der Waals surface area contributed by atoms with E-state index >= 15 is 0 Å². The molecule has 98 valence electrons. The molecule has 1 heterocycles. The first-order valence-corrected chi connectivity index (χ1v) is 6.34. The number of carbonyl (C=O) groups is 1. The number of rotatable bonds is 3. The van der Waals surface area contributed by atoms with E-state index in [-0.39, 0.29) is 5.91 Å². The number of carbonyl (C=O) groups excluding carboxylic acids is 1. The van der Waals surface area contributed by atoms with E-state index in [9.17, 15) is 9.90 Å². The van der Waals surface area contributed by atoms with Gasteiger partial charge in [-0.2, -0.15) is 0 Å². The maximum Gasteiger partial charge on any atom is 0.253 e. The average molecular weight is 248 g/mol. The summed E-state index contributed by atoms with van der Waals surface area (Å²) in [5.41, 5.74) is 3.22. The van der Waals surface area contributed by atoms with Crippen LogP contribution < -0.4 is 5.32 Å². The summed E-state index contributed by atoms with van der Waals surface area (Å²) < 4.78 is 0. The highest BCUT2D eigenvalue weighted by Gasteiger charge is 2.16. The molecule has 1 atom stereocenters. The molecule has 1 unspecified atom stereocenters. The Morgan fingerprint density at radius 2 is 2.28 bits per heavy atom. The summed E-state index contributed by atoms with van der Waals surface area (Å²) >= 11 is 0. The Balaban J connectivity index is 2.15. The summed E-state index contributed by atoms with van der Waals surface area (Å²) in [6, 6.07) is 5.88. The van der Waals surface area contributed by atoms with Gasteiger partial charge in [-0.1, -0.05) is 6.07 Å². The summed E-state index contributed by atoms with van der Waals surface area (Å²) in [7, 11) is 1.72. The van der Waals surface area contributed by atoms with Crippen molar-refractivity contribution in [2.75, 3.05) is 20.1 Å². The highest BCUT2D eigenvalue weighted by molar-refractivity contribution is 5.94. The molecule has 0 saturated carbocycles. The molecule has 1 amide bonds. The molecule has 0 radical (unpaired) electrons. The molecule has 4 nitrogen and oxygen atoms in total. The third kappa shape index (κ3) is 2.89. The molecule has 0 fully saturated rings. The summed E-state index contributed by atoms with van der Waals surface area (Å²) in [6.07, 6.45) is 0.520. The highest BCUT2D eigenvalue weighted by atomic mass is 16.3. The lowest BCUT2D eigenvalue weighted by Crippen LogP contribution is -2.33. The first-order valence-electron chi connectivity index (χ1n) is 6.34. The van der Waals surface area contributed by atoms with Crippen LogP contribution in [0.2, 0.25) is 0 Å². The summed E-state index contributed by atoms with van der Waals surface area (Å²) in [4.78, 5) is 13.7. The first kappa shape index (κ1) is 13.1. The largest absolute Gasteiger partial charge is 0.392 e. The molecule has 1 aromatic rings. The van der Waals surface area contributed by atoms with Gasteiger partial charge in [-0.3, -0.25) is 4.79 Å². The van der Waals surface area contributed by atoms with E-state index in [0.29, 0.717) is 12.1 Å². The molecular weight excluding hydrogens is 228 g/mol. The van der Waals surface area contributed by atoms with Crippen LogP contribution in [0, 0.1) is 0 Å². The van der Waals surface area contributed by atoms with Crippen LogP contribution in [0.25, 0.3) is 0 Å². The van der Waals surface area contributed by atoms with Crippen LogP contribution in [0.5, 0.6) is 0 Å². The second-order valence-corrected chi connectivity index (χ2v) is 4.94. The van der Waals surface area contributed by atoms with Gasteiger partial charge in [-0.05, 0) is 43.1 Å². The molecule has 0 spiro atoms. The Bertz CT molecular complexity index is 443. The highest BCUT2D eigenvalue weighted by Crippen LogP contribution is 2.16. The van der Waals surface area contributed by atoms with E-state index in [1.54, 1.807) is 18.9 Å². The number of amides is 1.